The Morgan fingerprint density at radius 3 is 2.78 bits per heavy atom. The molecule has 18 heavy (non-hydrogen) atoms. The predicted octanol–water partition coefficient (Wildman–Crippen LogP) is 2.89. The number of anilines is 1. The first-order valence-corrected chi connectivity index (χ1v) is 6.59. The summed E-state index contributed by atoms with van der Waals surface area (Å²) in [6.45, 7) is 4.26. The molecule has 0 atom stereocenters. The highest BCUT2D eigenvalue weighted by molar-refractivity contribution is 7.13. The van der Waals surface area contributed by atoms with Crippen LogP contribution < -0.4 is 11.5 Å². The van der Waals surface area contributed by atoms with Crippen LogP contribution in [0.5, 0.6) is 0 Å². The summed E-state index contributed by atoms with van der Waals surface area (Å²) in [4.78, 5) is 8.35. The standard InChI is InChI=1S/C13H16N4S/c1-8(2)9-3-4-11(14)10(7-9)12(15)17-13-16-5-6-18-13/h3-8H,14H2,1-2H3,(H2,15,16,17). The van der Waals surface area contributed by atoms with Crippen molar-refractivity contribution < 1.29 is 0 Å². The lowest BCUT2D eigenvalue weighted by molar-refractivity contribution is 0.866. The first-order valence-electron chi connectivity index (χ1n) is 5.71. The summed E-state index contributed by atoms with van der Waals surface area (Å²) in [6.07, 6.45) is 1.70. The Morgan fingerprint density at radius 1 is 1.39 bits per heavy atom. The van der Waals surface area contributed by atoms with Crippen LogP contribution in [-0.2, 0) is 0 Å². The van der Waals surface area contributed by atoms with E-state index in [0.29, 0.717) is 22.6 Å². The predicted molar refractivity (Wildman–Crippen MR) is 77.4 cm³/mol. The molecule has 0 saturated carbocycles. The second kappa shape index (κ2) is 5.18. The Kier molecular flexibility index (Phi) is 3.62. The van der Waals surface area contributed by atoms with Gasteiger partial charge in [0.15, 0.2) is 0 Å². The third-order valence-electron chi connectivity index (χ3n) is 2.66. The molecule has 0 amide bonds. The molecule has 0 spiro atoms. The summed E-state index contributed by atoms with van der Waals surface area (Å²) in [6, 6.07) is 5.88. The van der Waals surface area contributed by atoms with Crippen molar-refractivity contribution >= 4 is 28.0 Å². The molecule has 0 saturated heterocycles. The van der Waals surface area contributed by atoms with E-state index in [1.54, 1.807) is 6.20 Å². The van der Waals surface area contributed by atoms with Crippen LogP contribution in [0.2, 0.25) is 0 Å². The van der Waals surface area contributed by atoms with Gasteiger partial charge in [0.2, 0.25) is 5.13 Å². The van der Waals surface area contributed by atoms with Crippen molar-refractivity contribution in [1.82, 2.24) is 4.98 Å². The van der Waals surface area contributed by atoms with E-state index in [9.17, 15) is 0 Å². The van der Waals surface area contributed by atoms with E-state index in [2.05, 4.69) is 23.8 Å². The van der Waals surface area contributed by atoms with Gasteiger partial charge >= 0.3 is 0 Å². The fourth-order valence-corrected chi connectivity index (χ4v) is 2.11. The lowest BCUT2D eigenvalue weighted by atomic mass is 9.99. The van der Waals surface area contributed by atoms with Crippen LogP contribution in [0.3, 0.4) is 0 Å². The highest BCUT2D eigenvalue weighted by atomic mass is 32.1. The van der Waals surface area contributed by atoms with Crippen molar-refractivity contribution in [1.29, 1.82) is 0 Å². The first kappa shape index (κ1) is 12.6. The Labute approximate surface area is 110 Å². The number of benzene rings is 1. The molecular weight excluding hydrogens is 244 g/mol. The molecule has 94 valence electrons. The van der Waals surface area contributed by atoms with Crippen LogP contribution in [0.15, 0.2) is 34.8 Å². The highest BCUT2D eigenvalue weighted by Gasteiger charge is 2.08. The molecule has 2 rings (SSSR count). The van der Waals surface area contributed by atoms with E-state index in [-0.39, 0.29) is 0 Å². The molecule has 1 aromatic carbocycles. The number of hydrogen-bond donors (Lipinski definition) is 2. The largest absolute Gasteiger partial charge is 0.398 e. The molecule has 0 aliphatic rings. The van der Waals surface area contributed by atoms with E-state index >= 15 is 0 Å². The quantitative estimate of drug-likeness (QED) is 0.506. The zero-order chi connectivity index (χ0) is 13.1. The summed E-state index contributed by atoms with van der Waals surface area (Å²) in [5.41, 5.74) is 14.5. The zero-order valence-electron chi connectivity index (χ0n) is 10.4. The van der Waals surface area contributed by atoms with Crippen molar-refractivity contribution in [2.75, 3.05) is 5.73 Å². The van der Waals surface area contributed by atoms with Crippen LogP contribution in [0, 0.1) is 0 Å². The van der Waals surface area contributed by atoms with Gasteiger partial charge in [-0.1, -0.05) is 19.9 Å². The Bertz CT molecular complexity index is 558. The van der Waals surface area contributed by atoms with Crippen LogP contribution in [0.1, 0.15) is 30.9 Å². The first-order chi connectivity index (χ1) is 8.58. The third-order valence-corrected chi connectivity index (χ3v) is 3.32. The molecule has 0 aliphatic carbocycles. The number of amidine groups is 1. The second-order valence-electron chi connectivity index (χ2n) is 4.31. The Morgan fingerprint density at radius 2 is 2.17 bits per heavy atom. The minimum Gasteiger partial charge on any atom is -0.398 e. The van der Waals surface area contributed by atoms with Gasteiger partial charge in [0.1, 0.15) is 5.84 Å². The van der Waals surface area contributed by atoms with Gasteiger partial charge in [-0.25, -0.2) is 9.98 Å². The van der Waals surface area contributed by atoms with Gasteiger partial charge in [-0.2, -0.15) is 0 Å². The maximum absolute atomic E-state index is 5.99. The van der Waals surface area contributed by atoms with Gasteiger partial charge in [0.05, 0.1) is 0 Å². The van der Waals surface area contributed by atoms with Crippen LogP contribution >= 0.6 is 11.3 Å². The monoisotopic (exact) mass is 260 g/mol. The third kappa shape index (κ3) is 2.68. The maximum Gasteiger partial charge on any atom is 0.211 e. The van der Waals surface area contributed by atoms with Crippen molar-refractivity contribution in [2.24, 2.45) is 10.7 Å². The number of hydrogen-bond acceptors (Lipinski definition) is 4. The number of nitrogens with zero attached hydrogens (tertiary/aromatic N) is 2. The Balaban J connectivity index is 2.40. The van der Waals surface area contributed by atoms with E-state index in [1.807, 2.05) is 23.6 Å². The van der Waals surface area contributed by atoms with Gasteiger partial charge < -0.3 is 11.5 Å². The summed E-state index contributed by atoms with van der Waals surface area (Å²) < 4.78 is 0. The topological polar surface area (TPSA) is 77.3 Å². The van der Waals surface area contributed by atoms with Gasteiger partial charge in [-0.3, -0.25) is 0 Å². The summed E-state index contributed by atoms with van der Waals surface area (Å²) in [5, 5.41) is 2.50. The SMILES string of the molecule is CC(C)c1ccc(N)c(/C(N)=N/c2nccs2)c1. The number of aliphatic imine (C=N–C) groups is 1. The normalized spacial score (nSPS) is 12.1. The van der Waals surface area contributed by atoms with Crippen molar-refractivity contribution in [3.05, 3.63) is 40.9 Å². The molecule has 1 aromatic heterocycles. The summed E-state index contributed by atoms with van der Waals surface area (Å²) in [7, 11) is 0. The molecule has 4 nitrogen and oxygen atoms in total. The number of rotatable bonds is 3. The molecular formula is C13H16N4S. The average molecular weight is 260 g/mol. The molecule has 5 heteroatoms. The van der Waals surface area contributed by atoms with E-state index in [1.165, 1.54) is 16.9 Å². The van der Waals surface area contributed by atoms with E-state index < -0.39 is 0 Å². The molecule has 2 aromatic rings. The van der Waals surface area contributed by atoms with Crippen molar-refractivity contribution in [3.63, 3.8) is 0 Å². The highest BCUT2D eigenvalue weighted by Crippen LogP contribution is 2.22. The lowest BCUT2D eigenvalue weighted by Crippen LogP contribution is -2.15. The number of nitrogens with two attached hydrogens (primary N) is 2. The summed E-state index contributed by atoms with van der Waals surface area (Å²) in [5.74, 6) is 0.835. The van der Waals surface area contributed by atoms with E-state index in [4.69, 9.17) is 11.5 Å². The van der Waals surface area contributed by atoms with Crippen LogP contribution in [0.25, 0.3) is 0 Å². The Hall–Kier alpha value is -1.88. The fourth-order valence-electron chi connectivity index (χ4n) is 1.59. The molecule has 1 heterocycles. The molecule has 0 aliphatic heterocycles. The number of nitrogen functional groups attached to an aromatic ring is 1. The molecule has 0 radical (unpaired) electrons. The number of aromatic nitrogens is 1. The maximum atomic E-state index is 5.99. The van der Waals surface area contributed by atoms with Crippen LogP contribution in [0.4, 0.5) is 10.8 Å². The van der Waals surface area contributed by atoms with Crippen LogP contribution in [-0.4, -0.2) is 10.8 Å². The molecule has 0 fully saturated rings. The van der Waals surface area contributed by atoms with Crippen molar-refractivity contribution in [3.8, 4) is 0 Å². The minimum absolute atomic E-state index is 0.407. The molecule has 0 bridgehead atoms. The van der Waals surface area contributed by atoms with Gasteiger partial charge in [-0.15, -0.1) is 11.3 Å². The van der Waals surface area contributed by atoms with Gasteiger partial charge in [0, 0.05) is 22.8 Å². The minimum atomic E-state index is 0.407. The second-order valence-corrected chi connectivity index (χ2v) is 5.19. The van der Waals surface area contributed by atoms with Gasteiger partial charge in [-0.05, 0) is 23.6 Å². The summed E-state index contributed by atoms with van der Waals surface area (Å²) >= 11 is 1.44. The van der Waals surface area contributed by atoms with Gasteiger partial charge in [0.25, 0.3) is 0 Å². The molecule has 0 unspecified atom stereocenters. The smallest absolute Gasteiger partial charge is 0.211 e. The fraction of sp³-hybridized carbons (Fsp3) is 0.231. The lowest BCUT2D eigenvalue weighted by Gasteiger charge is -2.10. The molecule has 4 N–H and O–H groups in total. The zero-order valence-corrected chi connectivity index (χ0v) is 11.2. The number of thiazole rings is 1. The average Bonchev–Trinajstić information content (AvgIpc) is 2.81. The van der Waals surface area contributed by atoms with E-state index in [0.717, 1.165) is 5.56 Å². The van der Waals surface area contributed by atoms with Crippen molar-refractivity contribution in [2.45, 2.75) is 19.8 Å².